The van der Waals surface area contributed by atoms with Crippen molar-refractivity contribution in [2.45, 2.75) is 49.4 Å². The van der Waals surface area contributed by atoms with Crippen LogP contribution in [0.5, 0.6) is 0 Å². The van der Waals surface area contributed by atoms with E-state index in [0.717, 1.165) is 25.7 Å². The van der Waals surface area contributed by atoms with Crippen molar-refractivity contribution in [1.29, 1.82) is 0 Å². The second-order valence-corrected chi connectivity index (χ2v) is 6.04. The Bertz CT molecular complexity index is 378. The van der Waals surface area contributed by atoms with Crippen molar-refractivity contribution in [1.82, 2.24) is 10.6 Å². The number of nitrogens with one attached hydrogen (secondary N) is 2. The highest BCUT2D eigenvalue weighted by Gasteiger charge is 2.26. The molecule has 1 fully saturated rings. The summed E-state index contributed by atoms with van der Waals surface area (Å²) in [6, 6.07) is -1.80. The molecule has 0 heterocycles. The first-order valence-corrected chi connectivity index (χ1v) is 7.82. The number of amides is 3. The highest BCUT2D eigenvalue weighted by Crippen LogP contribution is 2.26. The van der Waals surface area contributed by atoms with Crippen LogP contribution in [0.15, 0.2) is 0 Å². The van der Waals surface area contributed by atoms with Crippen LogP contribution in [0.4, 0.5) is 4.79 Å². The molecule has 8 heteroatoms. The summed E-state index contributed by atoms with van der Waals surface area (Å²) < 4.78 is 0. The lowest BCUT2D eigenvalue weighted by Gasteiger charge is -2.29. The molecule has 1 saturated carbocycles. The highest BCUT2D eigenvalue weighted by atomic mass is 32.2. The Balaban J connectivity index is 2.44. The van der Waals surface area contributed by atoms with Crippen molar-refractivity contribution >= 4 is 29.7 Å². The summed E-state index contributed by atoms with van der Waals surface area (Å²) in [4.78, 5) is 33.4. The van der Waals surface area contributed by atoms with Gasteiger partial charge in [-0.25, -0.2) is 9.59 Å². The molecule has 1 aliphatic rings. The van der Waals surface area contributed by atoms with Crippen LogP contribution in [0.3, 0.4) is 0 Å². The molecule has 3 amide bonds. The number of carboxylic acid groups (broad SMARTS) is 1. The maximum atomic E-state index is 11.8. The standard InChI is InChI=1S/C12H21N3O4S/c1-20-8-4-2-3-7(5-8)14-12(19)15-9(11(17)18)6-10(13)16/h7-9H,2-6H2,1H3,(H2,13,16)(H,17,18)(H2,14,15,19)/t7?,8?,9-/m1/s1. The van der Waals surface area contributed by atoms with Gasteiger partial charge in [0.1, 0.15) is 6.04 Å². The van der Waals surface area contributed by atoms with Crippen molar-refractivity contribution in [3.63, 3.8) is 0 Å². The monoisotopic (exact) mass is 303 g/mol. The summed E-state index contributed by atoms with van der Waals surface area (Å²) in [7, 11) is 0. The number of hydrogen-bond acceptors (Lipinski definition) is 4. The lowest BCUT2D eigenvalue weighted by molar-refractivity contribution is -0.140. The predicted octanol–water partition coefficient (Wildman–Crippen LogP) is 0.288. The average Bonchev–Trinajstić information content (AvgIpc) is 2.37. The van der Waals surface area contributed by atoms with Gasteiger partial charge >= 0.3 is 12.0 Å². The Kier molecular flexibility index (Phi) is 6.63. The zero-order valence-electron chi connectivity index (χ0n) is 11.4. The minimum atomic E-state index is -1.28. The largest absolute Gasteiger partial charge is 0.480 e. The second-order valence-electron chi connectivity index (χ2n) is 4.90. The number of aliphatic carboxylic acids is 1. The van der Waals surface area contributed by atoms with Gasteiger partial charge in [-0.05, 0) is 25.5 Å². The Morgan fingerprint density at radius 3 is 2.65 bits per heavy atom. The second kappa shape index (κ2) is 7.98. The van der Waals surface area contributed by atoms with Gasteiger partial charge in [0.15, 0.2) is 0 Å². The molecule has 3 atom stereocenters. The molecule has 0 aliphatic heterocycles. The quantitative estimate of drug-likeness (QED) is 0.562. The summed E-state index contributed by atoms with van der Waals surface area (Å²) in [5.74, 6) is -2.04. The first-order valence-electron chi connectivity index (χ1n) is 6.53. The van der Waals surface area contributed by atoms with Crippen molar-refractivity contribution in [2.75, 3.05) is 6.26 Å². The Morgan fingerprint density at radius 1 is 1.40 bits per heavy atom. The molecule has 114 valence electrons. The fourth-order valence-corrected chi connectivity index (χ4v) is 3.10. The lowest BCUT2D eigenvalue weighted by atomic mass is 9.95. The minimum Gasteiger partial charge on any atom is -0.480 e. The van der Waals surface area contributed by atoms with E-state index in [0.29, 0.717) is 5.25 Å². The Morgan fingerprint density at radius 2 is 2.10 bits per heavy atom. The molecule has 20 heavy (non-hydrogen) atoms. The SMILES string of the molecule is CSC1CCCC(NC(=O)N[C@H](CC(N)=O)C(=O)O)C1. The zero-order valence-corrected chi connectivity index (χ0v) is 12.2. The lowest BCUT2D eigenvalue weighted by Crippen LogP contribution is -2.51. The number of carbonyl (C=O) groups excluding carboxylic acids is 2. The molecule has 0 aromatic carbocycles. The van der Waals surface area contributed by atoms with E-state index in [4.69, 9.17) is 10.8 Å². The van der Waals surface area contributed by atoms with E-state index in [1.807, 2.05) is 6.26 Å². The normalized spacial score (nSPS) is 23.6. The zero-order chi connectivity index (χ0) is 15.1. The molecule has 0 bridgehead atoms. The van der Waals surface area contributed by atoms with E-state index in [-0.39, 0.29) is 6.04 Å². The number of carbonyl (C=O) groups is 3. The van der Waals surface area contributed by atoms with Crippen molar-refractivity contribution in [2.24, 2.45) is 5.73 Å². The van der Waals surface area contributed by atoms with Gasteiger partial charge in [0.25, 0.3) is 0 Å². The average molecular weight is 303 g/mol. The van der Waals surface area contributed by atoms with Crippen LogP contribution in [-0.4, -0.2) is 46.6 Å². The molecule has 1 aliphatic carbocycles. The molecule has 0 radical (unpaired) electrons. The predicted molar refractivity (Wildman–Crippen MR) is 76.5 cm³/mol. The summed E-state index contributed by atoms with van der Waals surface area (Å²) in [5, 5.41) is 14.5. The van der Waals surface area contributed by atoms with Crippen LogP contribution in [-0.2, 0) is 9.59 Å². The van der Waals surface area contributed by atoms with Crippen LogP contribution < -0.4 is 16.4 Å². The molecule has 5 N–H and O–H groups in total. The van der Waals surface area contributed by atoms with Crippen LogP contribution in [0.1, 0.15) is 32.1 Å². The number of thioether (sulfide) groups is 1. The van der Waals surface area contributed by atoms with Gasteiger partial charge in [-0.3, -0.25) is 4.79 Å². The van der Waals surface area contributed by atoms with E-state index >= 15 is 0 Å². The van der Waals surface area contributed by atoms with Crippen LogP contribution in [0, 0.1) is 0 Å². The number of primary amides is 1. The molecular formula is C12H21N3O4S. The van der Waals surface area contributed by atoms with Crippen molar-refractivity contribution in [3.05, 3.63) is 0 Å². The molecular weight excluding hydrogens is 282 g/mol. The maximum Gasteiger partial charge on any atom is 0.326 e. The topological polar surface area (TPSA) is 122 Å². The molecule has 0 saturated heterocycles. The van der Waals surface area contributed by atoms with Crippen molar-refractivity contribution < 1.29 is 19.5 Å². The first-order chi connectivity index (χ1) is 9.42. The number of urea groups is 1. The fraction of sp³-hybridized carbons (Fsp3) is 0.750. The van der Waals surface area contributed by atoms with Gasteiger partial charge in [0.05, 0.1) is 6.42 Å². The number of carboxylic acids is 1. The molecule has 0 spiro atoms. The number of nitrogens with two attached hydrogens (primary N) is 1. The third-order valence-electron chi connectivity index (χ3n) is 3.30. The van der Waals surface area contributed by atoms with E-state index in [1.165, 1.54) is 0 Å². The van der Waals surface area contributed by atoms with Crippen molar-refractivity contribution in [3.8, 4) is 0 Å². The molecule has 0 aromatic heterocycles. The van der Waals surface area contributed by atoms with E-state index in [2.05, 4.69) is 10.6 Å². The Hall–Kier alpha value is -1.44. The van der Waals surface area contributed by atoms with E-state index in [9.17, 15) is 14.4 Å². The maximum absolute atomic E-state index is 11.8. The van der Waals surface area contributed by atoms with Gasteiger partial charge < -0.3 is 21.5 Å². The molecule has 7 nitrogen and oxygen atoms in total. The summed E-state index contributed by atoms with van der Waals surface area (Å²) in [5.41, 5.74) is 4.95. The van der Waals surface area contributed by atoms with Crippen LogP contribution in [0.2, 0.25) is 0 Å². The third kappa shape index (κ3) is 5.68. The fourth-order valence-electron chi connectivity index (χ4n) is 2.28. The number of hydrogen-bond donors (Lipinski definition) is 4. The minimum absolute atomic E-state index is 0.0456. The number of rotatable bonds is 6. The summed E-state index contributed by atoms with van der Waals surface area (Å²) in [6.07, 6.45) is 5.57. The molecule has 0 aromatic rings. The molecule has 2 unspecified atom stereocenters. The first kappa shape index (κ1) is 16.6. The van der Waals surface area contributed by atoms with Crippen LogP contribution in [0.25, 0.3) is 0 Å². The van der Waals surface area contributed by atoms with E-state index in [1.54, 1.807) is 11.8 Å². The van der Waals surface area contributed by atoms with Gasteiger partial charge in [-0.1, -0.05) is 6.42 Å². The van der Waals surface area contributed by atoms with Crippen LogP contribution >= 0.6 is 11.8 Å². The van der Waals surface area contributed by atoms with E-state index < -0.39 is 30.4 Å². The van der Waals surface area contributed by atoms with Gasteiger partial charge in [-0.15, -0.1) is 0 Å². The summed E-state index contributed by atoms with van der Waals surface area (Å²) in [6.45, 7) is 0. The Labute approximate surface area is 122 Å². The van der Waals surface area contributed by atoms with Gasteiger partial charge in [-0.2, -0.15) is 11.8 Å². The highest BCUT2D eigenvalue weighted by molar-refractivity contribution is 7.99. The van der Waals surface area contributed by atoms with Gasteiger partial charge in [0.2, 0.25) is 5.91 Å². The molecule has 1 rings (SSSR count). The summed E-state index contributed by atoms with van der Waals surface area (Å²) >= 11 is 1.78. The smallest absolute Gasteiger partial charge is 0.326 e. The van der Waals surface area contributed by atoms with Gasteiger partial charge in [0, 0.05) is 11.3 Å². The third-order valence-corrected chi connectivity index (χ3v) is 4.40.